The maximum atomic E-state index is 3.78. The minimum Gasteiger partial charge on any atom is -0.106 e. The van der Waals surface area contributed by atoms with Crippen LogP contribution in [0, 0.1) is 10.8 Å². The Morgan fingerprint density at radius 1 is 0.625 bits per heavy atom. The lowest BCUT2D eigenvalue weighted by Crippen LogP contribution is -2.11. The Hall–Kier alpha value is -2.86. The van der Waals surface area contributed by atoms with Crippen LogP contribution in [0.15, 0.2) is 138 Å². The van der Waals surface area contributed by atoms with Gasteiger partial charge in [-0.1, -0.05) is 154 Å². The highest BCUT2D eigenvalue weighted by molar-refractivity contribution is 5.23. The number of hydrogen-bond donors (Lipinski definition) is 0. The molecule has 40 heavy (non-hydrogen) atoms. The van der Waals surface area contributed by atoms with E-state index in [4.69, 9.17) is 0 Å². The van der Waals surface area contributed by atoms with Crippen LogP contribution in [0.4, 0.5) is 0 Å². The first-order valence-electron chi connectivity index (χ1n) is 14.6. The van der Waals surface area contributed by atoms with E-state index in [1.807, 2.05) is 44.2 Å². The molecule has 0 nitrogen and oxygen atoms in total. The van der Waals surface area contributed by atoms with Gasteiger partial charge in [-0.25, -0.2) is 0 Å². The van der Waals surface area contributed by atoms with Gasteiger partial charge in [-0.05, 0) is 55.9 Å². The topological polar surface area (TPSA) is 0 Å². The van der Waals surface area contributed by atoms with Crippen molar-refractivity contribution in [2.24, 2.45) is 10.8 Å². The standard InChI is InChI=1S/C11H18.C8H12.C7H16.C7H12.C3H6.2C2H4/c1-6-9-11(4,5)10(7-2)8-3;1-3-5-7-8-6-4-2;1-5-7(3,4)6-2;1-3-5-7-6-4-2;1-3-2;2*1-2/h6-8H,1-2,9H2,3-5H3;3-5,7H,1-2,6,8H2;5-6H2,1-4H3;3,5,7H,1,4,6H2,2H3;3H,1H2,2H3;2*1-2H2/b10-8+;7-5-;;7-5-;;;. The summed E-state index contributed by atoms with van der Waals surface area (Å²) in [5, 5.41) is 0. The molecule has 0 aromatic rings. The maximum Gasteiger partial charge on any atom is -0.00727 e. The summed E-state index contributed by atoms with van der Waals surface area (Å²) >= 11 is 0. The highest BCUT2D eigenvalue weighted by Gasteiger charge is 2.18. The average Bonchev–Trinajstić information content (AvgIpc) is 2.95. The molecule has 0 aliphatic rings. The third-order valence-electron chi connectivity index (χ3n) is 5.42. The Balaban J connectivity index is -0.0000000682. The van der Waals surface area contributed by atoms with E-state index in [-0.39, 0.29) is 5.41 Å². The molecular formula is C40H72. The highest BCUT2D eigenvalue weighted by atomic mass is 14.2. The summed E-state index contributed by atoms with van der Waals surface area (Å²) in [6.07, 6.45) is 29.5. The molecule has 0 amide bonds. The van der Waals surface area contributed by atoms with Crippen LogP contribution in [0.25, 0.3) is 0 Å². The summed E-state index contributed by atoms with van der Waals surface area (Å²) in [7, 11) is 0. The van der Waals surface area contributed by atoms with Crippen molar-refractivity contribution in [1.29, 1.82) is 0 Å². The van der Waals surface area contributed by atoms with Crippen LogP contribution in [0.1, 0.15) is 107 Å². The van der Waals surface area contributed by atoms with Crippen molar-refractivity contribution < 1.29 is 0 Å². The molecule has 0 rings (SSSR count). The zero-order valence-electron chi connectivity index (χ0n) is 28.9. The first-order valence-corrected chi connectivity index (χ1v) is 14.6. The van der Waals surface area contributed by atoms with E-state index in [0.29, 0.717) is 5.41 Å². The summed E-state index contributed by atoms with van der Waals surface area (Å²) in [4.78, 5) is 0. The van der Waals surface area contributed by atoms with Crippen molar-refractivity contribution in [3.63, 3.8) is 0 Å². The Morgan fingerprint density at radius 2 is 1.02 bits per heavy atom. The fraction of sp³-hybridized carbons (Fsp3) is 0.450. The number of allylic oxidation sites excluding steroid dienone is 12. The smallest absolute Gasteiger partial charge is 0.00727 e. The molecule has 0 atom stereocenters. The molecule has 0 N–H and O–H groups in total. The molecule has 0 aliphatic carbocycles. The largest absolute Gasteiger partial charge is 0.106 e. The molecule has 0 heterocycles. The maximum absolute atomic E-state index is 3.78. The third kappa shape index (κ3) is 59.9. The zero-order valence-corrected chi connectivity index (χ0v) is 28.9. The van der Waals surface area contributed by atoms with Gasteiger partial charge in [-0.15, -0.1) is 46.1 Å². The minimum atomic E-state index is 0.193. The second-order valence-corrected chi connectivity index (χ2v) is 9.59. The minimum absolute atomic E-state index is 0.193. The van der Waals surface area contributed by atoms with Gasteiger partial charge in [0.05, 0.1) is 0 Å². The van der Waals surface area contributed by atoms with E-state index in [2.05, 4.69) is 132 Å². The molecule has 232 valence electrons. The zero-order chi connectivity index (χ0) is 33.3. The Labute approximate surface area is 255 Å². The van der Waals surface area contributed by atoms with Gasteiger partial charge in [-0.2, -0.15) is 0 Å². The van der Waals surface area contributed by atoms with E-state index in [1.54, 1.807) is 18.2 Å². The number of rotatable bonds is 13. The number of hydrogen-bond acceptors (Lipinski definition) is 0. The normalized spacial score (nSPS) is 9.78. The molecule has 0 unspecified atom stereocenters. The molecule has 0 spiro atoms. The number of unbranched alkanes of at least 4 members (excludes halogenated alkanes) is 2. The lowest BCUT2D eigenvalue weighted by molar-refractivity contribution is 0.338. The van der Waals surface area contributed by atoms with Crippen LogP contribution in [0.3, 0.4) is 0 Å². The Bertz CT molecular complexity index is 623. The summed E-state index contributed by atoms with van der Waals surface area (Å²) in [6.45, 7) is 53.1. The van der Waals surface area contributed by atoms with E-state index >= 15 is 0 Å². The fourth-order valence-corrected chi connectivity index (χ4v) is 2.28. The molecule has 0 heteroatoms. The Kier molecular flexibility index (Phi) is 65.6. The van der Waals surface area contributed by atoms with E-state index < -0.39 is 0 Å². The first kappa shape index (κ1) is 53.4. The van der Waals surface area contributed by atoms with Crippen molar-refractivity contribution >= 4 is 0 Å². The van der Waals surface area contributed by atoms with Crippen LogP contribution in [-0.4, -0.2) is 0 Å². The van der Waals surface area contributed by atoms with E-state index in [9.17, 15) is 0 Å². The van der Waals surface area contributed by atoms with Crippen molar-refractivity contribution in [3.05, 3.63) is 138 Å². The van der Waals surface area contributed by atoms with Gasteiger partial charge in [0, 0.05) is 0 Å². The SMILES string of the molecule is C=C.C=C.C=C/C=C\CCC.C=C/C=C\CCC=C.C=CC.C=CCC(C)(C)/C(C=C)=C/C.CCC(C)(C)CC. The molecule has 0 bridgehead atoms. The van der Waals surface area contributed by atoms with Crippen LogP contribution < -0.4 is 0 Å². The summed E-state index contributed by atoms with van der Waals surface area (Å²) in [5.41, 5.74) is 2.07. The molecule has 0 saturated carbocycles. The third-order valence-corrected chi connectivity index (χ3v) is 5.42. The van der Waals surface area contributed by atoms with Gasteiger partial charge in [0.15, 0.2) is 0 Å². The van der Waals surface area contributed by atoms with Crippen LogP contribution >= 0.6 is 0 Å². The predicted molar refractivity (Wildman–Crippen MR) is 198 cm³/mol. The lowest BCUT2D eigenvalue weighted by atomic mass is 9.81. The van der Waals surface area contributed by atoms with Crippen molar-refractivity contribution in [1.82, 2.24) is 0 Å². The van der Waals surface area contributed by atoms with Gasteiger partial charge in [0.1, 0.15) is 0 Å². The van der Waals surface area contributed by atoms with Gasteiger partial charge >= 0.3 is 0 Å². The second-order valence-electron chi connectivity index (χ2n) is 9.59. The van der Waals surface area contributed by atoms with Crippen LogP contribution in [-0.2, 0) is 0 Å². The van der Waals surface area contributed by atoms with Crippen molar-refractivity contribution in [2.75, 3.05) is 0 Å². The lowest BCUT2D eigenvalue weighted by Gasteiger charge is -2.24. The molecular weight excluding hydrogens is 480 g/mol. The summed E-state index contributed by atoms with van der Waals surface area (Å²) in [5.74, 6) is 0. The van der Waals surface area contributed by atoms with Crippen LogP contribution in [0.5, 0.6) is 0 Å². The second kappa shape index (κ2) is 49.1. The average molecular weight is 553 g/mol. The van der Waals surface area contributed by atoms with E-state index in [0.717, 1.165) is 19.3 Å². The van der Waals surface area contributed by atoms with Crippen molar-refractivity contribution in [2.45, 2.75) is 107 Å². The molecule has 0 saturated heterocycles. The molecule has 0 fully saturated rings. The van der Waals surface area contributed by atoms with Gasteiger partial charge in [0.25, 0.3) is 0 Å². The van der Waals surface area contributed by atoms with Gasteiger partial charge in [-0.3, -0.25) is 0 Å². The highest BCUT2D eigenvalue weighted by Crippen LogP contribution is 2.30. The fourth-order valence-electron chi connectivity index (χ4n) is 2.28. The molecule has 0 radical (unpaired) electrons. The quantitative estimate of drug-likeness (QED) is 0.121. The van der Waals surface area contributed by atoms with Crippen molar-refractivity contribution in [3.8, 4) is 0 Å². The van der Waals surface area contributed by atoms with Gasteiger partial charge < -0.3 is 0 Å². The summed E-state index contributed by atoms with van der Waals surface area (Å²) < 4.78 is 0. The Morgan fingerprint density at radius 3 is 1.25 bits per heavy atom. The van der Waals surface area contributed by atoms with Crippen LogP contribution in [0.2, 0.25) is 0 Å². The monoisotopic (exact) mass is 553 g/mol. The molecule has 0 aromatic carbocycles. The molecule has 0 aromatic heterocycles. The van der Waals surface area contributed by atoms with E-state index in [1.165, 1.54) is 31.3 Å². The predicted octanol–water partition coefficient (Wildman–Crippen LogP) is 14.6. The first-order chi connectivity index (χ1) is 18.9. The van der Waals surface area contributed by atoms with Gasteiger partial charge in [0.2, 0.25) is 0 Å². The summed E-state index contributed by atoms with van der Waals surface area (Å²) in [6, 6.07) is 0. The molecule has 0 aliphatic heterocycles.